The minimum atomic E-state index is 0.740. The molecule has 0 spiro atoms. The molecule has 1 atom stereocenters. The fraction of sp³-hybridized carbons (Fsp3) is 0.667. The van der Waals surface area contributed by atoms with E-state index >= 15 is 0 Å². The maximum atomic E-state index is 3.62. The summed E-state index contributed by atoms with van der Waals surface area (Å²) >= 11 is 2.06. The van der Waals surface area contributed by atoms with Crippen molar-refractivity contribution in [3.63, 3.8) is 0 Å². The van der Waals surface area contributed by atoms with Gasteiger partial charge in [-0.1, -0.05) is 6.92 Å². The zero-order chi connectivity index (χ0) is 10.5. The predicted octanol–water partition coefficient (Wildman–Crippen LogP) is 2.49. The van der Waals surface area contributed by atoms with E-state index in [1.165, 1.54) is 29.9 Å². The molecule has 3 heteroatoms. The van der Waals surface area contributed by atoms with Crippen LogP contribution in [0.2, 0.25) is 0 Å². The van der Waals surface area contributed by atoms with E-state index in [2.05, 4.69) is 47.0 Å². The molecule has 1 aliphatic rings. The first-order chi connectivity index (χ1) is 7.38. The summed E-state index contributed by atoms with van der Waals surface area (Å²) in [6, 6.07) is 2.97. The van der Waals surface area contributed by atoms with Crippen molar-refractivity contribution >= 4 is 11.8 Å². The Kier molecular flexibility index (Phi) is 4.15. The third-order valence-electron chi connectivity index (χ3n) is 2.82. The summed E-state index contributed by atoms with van der Waals surface area (Å²) in [5.41, 5.74) is 1.42. The van der Waals surface area contributed by atoms with Gasteiger partial charge in [-0.25, -0.2) is 0 Å². The third kappa shape index (κ3) is 3.28. The Morgan fingerprint density at radius 2 is 2.53 bits per heavy atom. The lowest BCUT2D eigenvalue weighted by molar-refractivity contribution is 0.557. The SMILES string of the molecule is CCCn1ccc(CNC2CCSC2)c1. The highest BCUT2D eigenvalue weighted by atomic mass is 32.2. The van der Waals surface area contributed by atoms with Crippen molar-refractivity contribution in [2.45, 2.75) is 38.9 Å². The van der Waals surface area contributed by atoms with Crippen LogP contribution in [0.1, 0.15) is 25.3 Å². The Bertz CT molecular complexity index is 290. The number of rotatable bonds is 5. The maximum absolute atomic E-state index is 3.62. The maximum Gasteiger partial charge on any atom is 0.0223 e. The van der Waals surface area contributed by atoms with Gasteiger partial charge in [0.2, 0.25) is 0 Å². The fourth-order valence-electron chi connectivity index (χ4n) is 1.95. The molecule has 0 aromatic carbocycles. The van der Waals surface area contributed by atoms with Crippen LogP contribution in [0.5, 0.6) is 0 Å². The second-order valence-corrected chi connectivity index (χ2v) is 5.35. The van der Waals surface area contributed by atoms with E-state index < -0.39 is 0 Å². The van der Waals surface area contributed by atoms with E-state index in [9.17, 15) is 0 Å². The minimum absolute atomic E-state index is 0.740. The van der Waals surface area contributed by atoms with Gasteiger partial charge in [0.25, 0.3) is 0 Å². The molecule has 1 aromatic heterocycles. The summed E-state index contributed by atoms with van der Waals surface area (Å²) < 4.78 is 2.28. The first-order valence-corrected chi connectivity index (χ1v) is 6.99. The van der Waals surface area contributed by atoms with Crippen LogP contribution < -0.4 is 5.32 Å². The lowest BCUT2D eigenvalue weighted by Gasteiger charge is -2.09. The Morgan fingerprint density at radius 3 is 3.27 bits per heavy atom. The van der Waals surface area contributed by atoms with Crippen LogP contribution >= 0.6 is 11.8 Å². The second-order valence-electron chi connectivity index (χ2n) is 4.20. The van der Waals surface area contributed by atoms with E-state index in [4.69, 9.17) is 0 Å². The number of aromatic nitrogens is 1. The molecule has 1 N–H and O–H groups in total. The Balaban J connectivity index is 1.77. The van der Waals surface area contributed by atoms with Crippen molar-refractivity contribution in [1.82, 2.24) is 9.88 Å². The van der Waals surface area contributed by atoms with Crippen LogP contribution in [0.25, 0.3) is 0 Å². The topological polar surface area (TPSA) is 17.0 Å². The van der Waals surface area contributed by atoms with Crippen LogP contribution in [0.3, 0.4) is 0 Å². The summed E-state index contributed by atoms with van der Waals surface area (Å²) in [7, 11) is 0. The second kappa shape index (κ2) is 5.61. The van der Waals surface area contributed by atoms with Gasteiger partial charge in [-0.15, -0.1) is 0 Å². The molecule has 15 heavy (non-hydrogen) atoms. The Hall–Kier alpha value is -0.410. The average Bonchev–Trinajstić information content (AvgIpc) is 2.85. The third-order valence-corrected chi connectivity index (χ3v) is 3.98. The Morgan fingerprint density at radius 1 is 1.60 bits per heavy atom. The van der Waals surface area contributed by atoms with Crippen LogP contribution in [0.4, 0.5) is 0 Å². The predicted molar refractivity (Wildman–Crippen MR) is 67.3 cm³/mol. The van der Waals surface area contributed by atoms with E-state index in [0.717, 1.165) is 19.1 Å². The number of hydrogen-bond donors (Lipinski definition) is 1. The summed E-state index contributed by atoms with van der Waals surface area (Å²) in [6.45, 7) is 4.38. The molecule has 0 saturated carbocycles. The van der Waals surface area contributed by atoms with Gasteiger partial charge >= 0.3 is 0 Å². The van der Waals surface area contributed by atoms with Gasteiger partial charge in [0.15, 0.2) is 0 Å². The van der Waals surface area contributed by atoms with Crippen LogP contribution in [-0.2, 0) is 13.1 Å². The van der Waals surface area contributed by atoms with Gasteiger partial charge < -0.3 is 9.88 Å². The first-order valence-electron chi connectivity index (χ1n) is 5.84. The molecule has 1 aromatic rings. The molecule has 0 aliphatic carbocycles. The molecule has 1 unspecified atom stereocenters. The highest BCUT2D eigenvalue weighted by Crippen LogP contribution is 2.17. The quantitative estimate of drug-likeness (QED) is 0.827. The highest BCUT2D eigenvalue weighted by Gasteiger charge is 2.14. The lowest BCUT2D eigenvalue weighted by Crippen LogP contribution is -2.27. The zero-order valence-electron chi connectivity index (χ0n) is 9.41. The normalized spacial score (nSPS) is 21.0. The molecule has 0 amide bonds. The van der Waals surface area contributed by atoms with Crippen molar-refractivity contribution in [3.05, 3.63) is 24.0 Å². The van der Waals surface area contributed by atoms with Crippen molar-refractivity contribution < 1.29 is 0 Å². The summed E-state index contributed by atoms with van der Waals surface area (Å²) in [6.07, 6.45) is 6.99. The van der Waals surface area contributed by atoms with Gasteiger partial charge in [0.05, 0.1) is 0 Å². The van der Waals surface area contributed by atoms with Crippen LogP contribution in [0.15, 0.2) is 18.5 Å². The number of aryl methyl sites for hydroxylation is 1. The van der Waals surface area contributed by atoms with Gasteiger partial charge in [0, 0.05) is 37.3 Å². The largest absolute Gasteiger partial charge is 0.354 e. The van der Waals surface area contributed by atoms with E-state index in [0.29, 0.717) is 0 Å². The van der Waals surface area contributed by atoms with Crippen LogP contribution in [-0.4, -0.2) is 22.1 Å². The molecule has 0 bridgehead atoms. The summed E-state index contributed by atoms with van der Waals surface area (Å²) in [5, 5.41) is 3.62. The molecule has 2 nitrogen and oxygen atoms in total. The van der Waals surface area contributed by atoms with Crippen molar-refractivity contribution in [2.75, 3.05) is 11.5 Å². The Labute approximate surface area is 96.4 Å². The number of hydrogen-bond acceptors (Lipinski definition) is 2. The minimum Gasteiger partial charge on any atom is -0.354 e. The van der Waals surface area contributed by atoms with Crippen molar-refractivity contribution in [2.24, 2.45) is 0 Å². The average molecular weight is 224 g/mol. The molecule has 84 valence electrons. The van der Waals surface area contributed by atoms with Gasteiger partial charge in [-0.05, 0) is 30.2 Å². The van der Waals surface area contributed by atoms with Crippen molar-refractivity contribution in [3.8, 4) is 0 Å². The lowest BCUT2D eigenvalue weighted by atomic mass is 10.2. The molecule has 0 radical (unpaired) electrons. The fourth-order valence-corrected chi connectivity index (χ4v) is 3.14. The molecule has 1 saturated heterocycles. The van der Waals surface area contributed by atoms with Crippen molar-refractivity contribution in [1.29, 1.82) is 0 Å². The highest BCUT2D eigenvalue weighted by molar-refractivity contribution is 7.99. The molecular weight excluding hydrogens is 204 g/mol. The van der Waals surface area contributed by atoms with Gasteiger partial charge in [-0.2, -0.15) is 11.8 Å². The summed E-state index contributed by atoms with van der Waals surface area (Å²) in [5.74, 6) is 2.62. The molecule has 1 aliphatic heterocycles. The van der Waals surface area contributed by atoms with E-state index in [-0.39, 0.29) is 0 Å². The first kappa shape index (κ1) is 11.1. The molecule has 2 heterocycles. The standard InChI is InChI=1S/C12H20N2S/c1-2-5-14-6-3-11(9-14)8-13-12-4-7-15-10-12/h3,6,9,12-13H,2,4-5,7-8,10H2,1H3. The zero-order valence-corrected chi connectivity index (χ0v) is 10.2. The number of nitrogens with zero attached hydrogens (tertiary/aromatic N) is 1. The van der Waals surface area contributed by atoms with E-state index in [1.807, 2.05) is 0 Å². The smallest absolute Gasteiger partial charge is 0.0223 e. The number of thioether (sulfide) groups is 1. The number of nitrogens with one attached hydrogen (secondary N) is 1. The molecular formula is C12H20N2S. The summed E-state index contributed by atoms with van der Waals surface area (Å²) in [4.78, 5) is 0. The van der Waals surface area contributed by atoms with E-state index in [1.54, 1.807) is 0 Å². The van der Waals surface area contributed by atoms with Gasteiger partial charge in [-0.3, -0.25) is 0 Å². The molecule has 2 rings (SSSR count). The monoisotopic (exact) mass is 224 g/mol. The van der Waals surface area contributed by atoms with Crippen LogP contribution in [0, 0.1) is 0 Å². The van der Waals surface area contributed by atoms with Gasteiger partial charge in [0.1, 0.15) is 0 Å². The molecule has 1 fully saturated rings.